The highest BCUT2D eigenvalue weighted by molar-refractivity contribution is 7.92. The average molecular weight is 557 g/mol. The van der Waals surface area contributed by atoms with Crippen molar-refractivity contribution in [3.8, 4) is 0 Å². The van der Waals surface area contributed by atoms with Crippen molar-refractivity contribution >= 4 is 49.6 Å². The predicted octanol–water partition coefficient (Wildman–Crippen LogP) is 3.98. The van der Waals surface area contributed by atoms with E-state index >= 15 is 0 Å². The van der Waals surface area contributed by atoms with Crippen LogP contribution in [0.5, 0.6) is 0 Å². The van der Waals surface area contributed by atoms with Crippen molar-refractivity contribution in [1.29, 1.82) is 0 Å². The lowest BCUT2D eigenvalue weighted by Crippen LogP contribution is -2.35. The van der Waals surface area contributed by atoms with Crippen LogP contribution in [0.1, 0.15) is 49.9 Å². The Labute approximate surface area is 228 Å². The van der Waals surface area contributed by atoms with Crippen LogP contribution in [0.2, 0.25) is 0 Å². The predicted molar refractivity (Wildman–Crippen MR) is 153 cm³/mol. The third-order valence-electron chi connectivity index (χ3n) is 7.68. The van der Waals surface area contributed by atoms with Crippen molar-refractivity contribution in [3.05, 3.63) is 48.2 Å². The average Bonchev–Trinajstić information content (AvgIpc) is 3.45. The van der Waals surface area contributed by atoms with Crippen molar-refractivity contribution in [1.82, 2.24) is 0 Å². The zero-order valence-corrected chi connectivity index (χ0v) is 23.1. The second-order valence-electron chi connectivity index (χ2n) is 11.3. The molecule has 0 radical (unpaired) electrons. The Morgan fingerprint density at radius 2 is 1.79 bits per heavy atom. The Balaban J connectivity index is 1.45. The van der Waals surface area contributed by atoms with Crippen LogP contribution < -0.4 is 20.3 Å². The minimum Gasteiger partial charge on any atom is -0.462 e. The first-order valence-electron chi connectivity index (χ1n) is 13.2. The van der Waals surface area contributed by atoms with Crippen LogP contribution in [-0.2, 0) is 10.0 Å². The highest BCUT2D eigenvalue weighted by atomic mass is 32.2. The largest absolute Gasteiger partial charge is 0.462 e. The number of anilines is 4. The molecule has 2 heterocycles. The number of benzene rings is 2. The molecule has 0 unspecified atom stereocenters. The van der Waals surface area contributed by atoms with Gasteiger partial charge >= 0.3 is 0 Å². The zero-order valence-electron chi connectivity index (χ0n) is 22.3. The summed E-state index contributed by atoms with van der Waals surface area (Å²) in [7, 11) is -3.70. The number of nitrogens with zero attached hydrogens (tertiary/aromatic N) is 1. The molecule has 210 valence electrons. The summed E-state index contributed by atoms with van der Waals surface area (Å²) in [6.07, 6.45) is 6.19. The molecule has 2 aliphatic rings. The van der Waals surface area contributed by atoms with Gasteiger partial charge in [0.2, 0.25) is 10.0 Å². The van der Waals surface area contributed by atoms with Gasteiger partial charge in [-0.15, -0.1) is 0 Å². The van der Waals surface area contributed by atoms with Crippen molar-refractivity contribution in [2.24, 2.45) is 5.41 Å². The molecule has 3 aromatic rings. The summed E-state index contributed by atoms with van der Waals surface area (Å²) in [5.41, 5.74) is 3.12. The first-order chi connectivity index (χ1) is 18.5. The molecule has 10 nitrogen and oxygen atoms in total. The quantitative estimate of drug-likeness (QED) is 0.252. The van der Waals surface area contributed by atoms with Gasteiger partial charge in [0.05, 0.1) is 53.5 Å². The lowest BCUT2D eigenvalue weighted by molar-refractivity contribution is 0.102. The molecule has 2 fully saturated rings. The van der Waals surface area contributed by atoms with Crippen molar-refractivity contribution in [2.75, 3.05) is 52.3 Å². The van der Waals surface area contributed by atoms with Gasteiger partial charge in [0, 0.05) is 24.0 Å². The number of hydrogen-bond donors (Lipinski definition) is 5. The van der Waals surface area contributed by atoms with E-state index < -0.39 is 27.9 Å². The molecule has 1 spiro atoms. The van der Waals surface area contributed by atoms with Gasteiger partial charge in [0.15, 0.2) is 5.58 Å². The van der Waals surface area contributed by atoms with Crippen molar-refractivity contribution in [2.45, 2.75) is 45.1 Å². The van der Waals surface area contributed by atoms with Gasteiger partial charge in [-0.05, 0) is 81.3 Å². The number of aliphatic hydroxyl groups is 2. The topological polar surface area (TPSA) is 144 Å². The third kappa shape index (κ3) is 6.15. The molecule has 11 heteroatoms. The van der Waals surface area contributed by atoms with Gasteiger partial charge in [-0.3, -0.25) is 9.52 Å². The number of rotatable bonds is 10. The van der Waals surface area contributed by atoms with Gasteiger partial charge in [0.1, 0.15) is 0 Å². The van der Waals surface area contributed by atoms with Crippen LogP contribution in [0, 0.1) is 5.41 Å². The fourth-order valence-electron chi connectivity index (χ4n) is 5.12. The molecule has 39 heavy (non-hydrogen) atoms. The minimum atomic E-state index is -3.70. The highest BCUT2D eigenvalue weighted by Gasteiger charge is 2.44. The number of fused-ring (bicyclic) bond motifs is 1. The standard InChI is InChI=1S/C28H36N4O6S/c1-27(2,18-34)30-23-16-20(15-19-5-13-38-25(19)23)26(35)29-22-4-3-21(31-39(36,37)14-12-33)17-24(22)32-10-8-28(6-7-28)9-11-32/h3-5,13,15-17,30-31,33-34H,6-12,14,18H2,1-2H3,(H,29,35). The first kappa shape index (κ1) is 27.3. The molecule has 1 aromatic heterocycles. The van der Waals surface area contributed by atoms with E-state index in [4.69, 9.17) is 9.52 Å². The second kappa shape index (κ2) is 10.4. The number of hydrogen-bond acceptors (Lipinski definition) is 8. The van der Waals surface area contributed by atoms with Crippen molar-refractivity contribution in [3.63, 3.8) is 0 Å². The summed E-state index contributed by atoms with van der Waals surface area (Å²) in [4.78, 5) is 15.7. The van der Waals surface area contributed by atoms with Crippen LogP contribution >= 0.6 is 0 Å². The van der Waals surface area contributed by atoms with Crippen LogP contribution in [0.4, 0.5) is 22.7 Å². The minimum absolute atomic E-state index is 0.111. The molecule has 2 aromatic carbocycles. The monoisotopic (exact) mass is 556 g/mol. The second-order valence-corrected chi connectivity index (χ2v) is 13.2. The van der Waals surface area contributed by atoms with Gasteiger partial charge in [-0.2, -0.15) is 0 Å². The fourth-order valence-corrected chi connectivity index (χ4v) is 5.94. The normalized spacial score (nSPS) is 16.9. The number of furan rings is 1. The van der Waals surface area contributed by atoms with Gasteiger partial charge < -0.3 is 30.2 Å². The van der Waals surface area contributed by atoms with E-state index in [0.29, 0.717) is 33.6 Å². The summed E-state index contributed by atoms with van der Waals surface area (Å²) in [6.45, 7) is 4.75. The highest BCUT2D eigenvalue weighted by Crippen LogP contribution is 2.54. The maximum absolute atomic E-state index is 13.5. The molecular formula is C28H36N4O6S. The smallest absolute Gasteiger partial charge is 0.255 e. The van der Waals surface area contributed by atoms with Crippen LogP contribution in [0.15, 0.2) is 47.1 Å². The maximum atomic E-state index is 13.5. The number of amides is 1. The number of carbonyl (C=O) groups excluding carboxylic acids is 1. The molecule has 0 bridgehead atoms. The molecule has 1 saturated heterocycles. The SMILES string of the molecule is CC(C)(CO)Nc1cc(C(=O)Nc2ccc(NS(=O)(=O)CCO)cc2N2CCC3(CC2)CC3)cc2ccoc12. The van der Waals surface area contributed by atoms with Gasteiger partial charge in [0.25, 0.3) is 5.91 Å². The Kier molecular flexibility index (Phi) is 7.25. The number of sulfonamides is 1. The lowest BCUT2D eigenvalue weighted by Gasteiger charge is -2.35. The summed E-state index contributed by atoms with van der Waals surface area (Å²) < 4.78 is 32.7. The Bertz CT molecular complexity index is 1470. The number of piperidine rings is 1. The van der Waals surface area contributed by atoms with E-state index in [-0.39, 0.29) is 12.5 Å². The molecule has 5 rings (SSSR count). The molecule has 5 N–H and O–H groups in total. The number of aliphatic hydroxyl groups excluding tert-OH is 2. The van der Waals surface area contributed by atoms with Crippen LogP contribution in [-0.4, -0.2) is 62.1 Å². The Hall–Kier alpha value is -3.28. The zero-order chi connectivity index (χ0) is 27.8. The third-order valence-corrected chi connectivity index (χ3v) is 8.95. The summed E-state index contributed by atoms with van der Waals surface area (Å²) in [5, 5.41) is 25.9. The fraction of sp³-hybridized carbons (Fsp3) is 0.464. The summed E-state index contributed by atoms with van der Waals surface area (Å²) >= 11 is 0. The molecule has 1 saturated carbocycles. The van der Waals surface area contributed by atoms with E-state index in [1.165, 1.54) is 12.8 Å². The molecular weight excluding hydrogens is 520 g/mol. The van der Waals surface area contributed by atoms with E-state index in [1.807, 2.05) is 13.8 Å². The molecule has 1 aliphatic heterocycles. The lowest BCUT2D eigenvalue weighted by atomic mass is 9.93. The van der Waals surface area contributed by atoms with Gasteiger partial charge in [-0.25, -0.2) is 8.42 Å². The van der Waals surface area contributed by atoms with E-state index in [9.17, 15) is 18.3 Å². The van der Waals surface area contributed by atoms with Crippen molar-refractivity contribution < 1.29 is 27.8 Å². The van der Waals surface area contributed by atoms with Crippen LogP contribution in [0.3, 0.4) is 0 Å². The first-order valence-corrected chi connectivity index (χ1v) is 14.9. The number of nitrogens with one attached hydrogen (secondary N) is 3. The Morgan fingerprint density at radius 3 is 2.46 bits per heavy atom. The van der Waals surface area contributed by atoms with Crippen LogP contribution in [0.25, 0.3) is 11.0 Å². The summed E-state index contributed by atoms with van der Waals surface area (Å²) in [5.74, 6) is -0.721. The van der Waals surface area contributed by atoms with E-state index in [2.05, 4.69) is 20.3 Å². The molecule has 1 aliphatic carbocycles. The molecule has 0 atom stereocenters. The van der Waals surface area contributed by atoms with E-state index in [0.717, 1.165) is 37.0 Å². The maximum Gasteiger partial charge on any atom is 0.255 e. The Morgan fingerprint density at radius 1 is 1.05 bits per heavy atom. The number of carbonyl (C=O) groups is 1. The van der Waals surface area contributed by atoms with E-state index in [1.54, 1.807) is 42.7 Å². The summed E-state index contributed by atoms with van der Waals surface area (Å²) in [6, 6.07) is 10.3. The van der Waals surface area contributed by atoms with Gasteiger partial charge in [-0.1, -0.05) is 0 Å². The molecule has 1 amide bonds.